The van der Waals surface area contributed by atoms with Crippen molar-refractivity contribution in [3.8, 4) is 0 Å². The molecule has 0 N–H and O–H groups in total. The average molecular weight is 234 g/mol. The molecule has 1 aliphatic carbocycles. The van der Waals surface area contributed by atoms with E-state index in [4.69, 9.17) is 0 Å². The number of hydrogen-bond acceptors (Lipinski definition) is 1. The minimum Gasteiger partial charge on any atom is -0.295 e. The van der Waals surface area contributed by atoms with Crippen molar-refractivity contribution in [2.75, 3.05) is 0 Å². The molecule has 0 aliphatic heterocycles. The summed E-state index contributed by atoms with van der Waals surface area (Å²) in [7, 11) is 0. The van der Waals surface area contributed by atoms with E-state index in [9.17, 15) is 4.79 Å². The summed E-state index contributed by atoms with van der Waals surface area (Å²) in [5.41, 5.74) is 2.95. The fourth-order valence-electron chi connectivity index (χ4n) is 2.44. The first-order valence-corrected chi connectivity index (χ1v) is 7.09. The standard InChI is InChI=1S/C16H26O/c1-4-13(5-2)8-7-9-14(6-3)10-15-11-16(17)12-15/h8,11,14H,4-7,9-10,12H2,1-3H3. The summed E-state index contributed by atoms with van der Waals surface area (Å²) < 4.78 is 0. The van der Waals surface area contributed by atoms with Crippen molar-refractivity contribution in [3.63, 3.8) is 0 Å². The largest absolute Gasteiger partial charge is 0.295 e. The van der Waals surface area contributed by atoms with Gasteiger partial charge in [-0.2, -0.15) is 0 Å². The fourth-order valence-corrected chi connectivity index (χ4v) is 2.44. The predicted octanol–water partition coefficient (Wildman–Crippen LogP) is 4.83. The van der Waals surface area contributed by atoms with Crippen LogP contribution in [0.15, 0.2) is 23.3 Å². The van der Waals surface area contributed by atoms with Crippen molar-refractivity contribution in [1.82, 2.24) is 0 Å². The Bertz CT molecular complexity index is 303. The van der Waals surface area contributed by atoms with Crippen LogP contribution in [0.25, 0.3) is 0 Å². The third-order valence-corrected chi connectivity index (χ3v) is 3.81. The summed E-state index contributed by atoms with van der Waals surface area (Å²) in [6.45, 7) is 6.73. The van der Waals surface area contributed by atoms with Crippen molar-refractivity contribution in [3.05, 3.63) is 23.3 Å². The topological polar surface area (TPSA) is 17.1 Å². The first kappa shape index (κ1) is 14.2. The Balaban J connectivity index is 2.30. The molecule has 0 saturated heterocycles. The van der Waals surface area contributed by atoms with E-state index in [2.05, 4.69) is 26.8 Å². The molecule has 0 aromatic rings. The van der Waals surface area contributed by atoms with E-state index >= 15 is 0 Å². The Hall–Kier alpha value is -0.850. The number of carbonyl (C=O) groups excluding carboxylic acids is 1. The van der Waals surface area contributed by atoms with Gasteiger partial charge in [-0.25, -0.2) is 0 Å². The van der Waals surface area contributed by atoms with Gasteiger partial charge >= 0.3 is 0 Å². The maximum Gasteiger partial charge on any atom is 0.159 e. The van der Waals surface area contributed by atoms with Crippen molar-refractivity contribution in [2.45, 2.75) is 65.7 Å². The highest BCUT2D eigenvalue weighted by atomic mass is 16.1. The molecule has 0 radical (unpaired) electrons. The Morgan fingerprint density at radius 2 is 2.00 bits per heavy atom. The van der Waals surface area contributed by atoms with Crippen LogP contribution in [-0.4, -0.2) is 5.78 Å². The second-order valence-electron chi connectivity index (χ2n) is 5.07. The van der Waals surface area contributed by atoms with Gasteiger partial charge in [0.15, 0.2) is 5.78 Å². The molecule has 0 spiro atoms. The van der Waals surface area contributed by atoms with E-state index in [1.807, 2.05) is 6.08 Å². The van der Waals surface area contributed by atoms with Crippen LogP contribution in [0, 0.1) is 5.92 Å². The Labute approximate surface area is 106 Å². The van der Waals surface area contributed by atoms with E-state index in [0.717, 1.165) is 18.8 Å². The van der Waals surface area contributed by atoms with Crippen molar-refractivity contribution in [1.29, 1.82) is 0 Å². The monoisotopic (exact) mass is 234 g/mol. The van der Waals surface area contributed by atoms with E-state index in [1.165, 1.54) is 37.7 Å². The molecule has 17 heavy (non-hydrogen) atoms. The molecule has 1 unspecified atom stereocenters. The number of allylic oxidation sites excluding steroid dienone is 4. The summed E-state index contributed by atoms with van der Waals surface area (Å²) >= 11 is 0. The molecule has 0 saturated carbocycles. The van der Waals surface area contributed by atoms with Crippen LogP contribution in [-0.2, 0) is 4.79 Å². The number of hydrogen-bond donors (Lipinski definition) is 0. The van der Waals surface area contributed by atoms with Crippen molar-refractivity contribution < 1.29 is 4.79 Å². The molecule has 0 bridgehead atoms. The lowest BCUT2D eigenvalue weighted by molar-refractivity contribution is -0.115. The maximum atomic E-state index is 10.9. The smallest absolute Gasteiger partial charge is 0.159 e. The average Bonchev–Trinajstić information content (AvgIpc) is 2.30. The van der Waals surface area contributed by atoms with E-state index in [0.29, 0.717) is 5.78 Å². The molecule has 0 fully saturated rings. The first-order valence-electron chi connectivity index (χ1n) is 7.09. The molecule has 1 atom stereocenters. The molecule has 0 aromatic carbocycles. The van der Waals surface area contributed by atoms with Crippen molar-refractivity contribution >= 4 is 5.78 Å². The SMILES string of the molecule is CCC(=CCCC(CC)CC1=CC(=O)C1)CC. The summed E-state index contributed by atoms with van der Waals surface area (Å²) in [6, 6.07) is 0. The zero-order valence-electron chi connectivity index (χ0n) is 11.6. The van der Waals surface area contributed by atoms with Gasteiger partial charge in [-0.15, -0.1) is 0 Å². The summed E-state index contributed by atoms with van der Waals surface area (Å²) in [5.74, 6) is 1.08. The number of ketones is 1. The highest BCUT2D eigenvalue weighted by Gasteiger charge is 2.18. The Morgan fingerprint density at radius 1 is 1.35 bits per heavy atom. The zero-order valence-corrected chi connectivity index (χ0v) is 11.6. The number of rotatable bonds is 8. The Morgan fingerprint density at radius 3 is 2.47 bits per heavy atom. The predicted molar refractivity (Wildman–Crippen MR) is 74.0 cm³/mol. The fraction of sp³-hybridized carbons (Fsp3) is 0.688. The molecular formula is C16H26O. The summed E-state index contributed by atoms with van der Waals surface area (Å²) in [6.07, 6.45) is 12.2. The quantitative estimate of drug-likeness (QED) is 0.550. The van der Waals surface area contributed by atoms with E-state index in [1.54, 1.807) is 5.57 Å². The first-order chi connectivity index (χ1) is 8.19. The van der Waals surface area contributed by atoms with Crippen LogP contribution < -0.4 is 0 Å². The molecule has 1 heteroatoms. The molecule has 1 rings (SSSR count). The molecular weight excluding hydrogens is 208 g/mol. The van der Waals surface area contributed by atoms with Gasteiger partial charge in [-0.3, -0.25) is 4.79 Å². The van der Waals surface area contributed by atoms with Crippen LogP contribution in [0.4, 0.5) is 0 Å². The van der Waals surface area contributed by atoms with Gasteiger partial charge < -0.3 is 0 Å². The molecule has 1 aliphatic rings. The van der Waals surface area contributed by atoms with Gasteiger partial charge in [0.1, 0.15) is 0 Å². The maximum absolute atomic E-state index is 10.9. The van der Waals surface area contributed by atoms with E-state index in [-0.39, 0.29) is 0 Å². The molecule has 0 amide bonds. The van der Waals surface area contributed by atoms with Gasteiger partial charge in [0, 0.05) is 6.42 Å². The highest BCUT2D eigenvalue weighted by molar-refractivity contribution is 5.98. The van der Waals surface area contributed by atoms with Gasteiger partial charge in [-0.1, -0.05) is 44.4 Å². The van der Waals surface area contributed by atoms with Gasteiger partial charge in [0.25, 0.3) is 0 Å². The van der Waals surface area contributed by atoms with Gasteiger partial charge in [0.05, 0.1) is 0 Å². The molecule has 96 valence electrons. The van der Waals surface area contributed by atoms with Gasteiger partial charge in [-0.05, 0) is 44.1 Å². The van der Waals surface area contributed by atoms with Crippen molar-refractivity contribution in [2.24, 2.45) is 5.92 Å². The second-order valence-corrected chi connectivity index (χ2v) is 5.07. The van der Waals surface area contributed by atoms with Crippen LogP contribution in [0.3, 0.4) is 0 Å². The lowest BCUT2D eigenvalue weighted by Gasteiger charge is -2.20. The Kier molecular flexibility index (Phi) is 6.25. The summed E-state index contributed by atoms with van der Waals surface area (Å²) in [5, 5.41) is 0. The molecule has 0 heterocycles. The van der Waals surface area contributed by atoms with Gasteiger partial charge in [0.2, 0.25) is 0 Å². The molecule has 0 aromatic heterocycles. The third-order valence-electron chi connectivity index (χ3n) is 3.81. The van der Waals surface area contributed by atoms with Crippen LogP contribution in [0.1, 0.15) is 65.7 Å². The van der Waals surface area contributed by atoms with E-state index < -0.39 is 0 Å². The molecule has 1 nitrogen and oxygen atoms in total. The highest BCUT2D eigenvalue weighted by Crippen LogP contribution is 2.27. The minimum absolute atomic E-state index is 0.314. The lowest BCUT2D eigenvalue weighted by atomic mass is 9.85. The summed E-state index contributed by atoms with van der Waals surface area (Å²) in [4.78, 5) is 10.9. The minimum atomic E-state index is 0.314. The second kappa shape index (κ2) is 7.47. The van der Waals surface area contributed by atoms with Crippen LogP contribution in [0.2, 0.25) is 0 Å². The lowest BCUT2D eigenvalue weighted by Crippen LogP contribution is -2.12. The number of carbonyl (C=O) groups is 1. The van der Waals surface area contributed by atoms with Crippen LogP contribution >= 0.6 is 0 Å². The van der Waals surface area contributed by atoms with Crippen LogP contribution in [0.5, 0.6) is 0 Å². The third kappa shape index (κ3) is 4.89. The zero-order chi connectivity index (χ0) is 12.7. The normalized spacial score (nSPS) is 16.2.